The van der Waals surface area contributed by atoms with Crippen LogP contribution < -0.4 is 9.47 Å². The molecular weight excluding hydrogens is 495 g/mol. The van der Waals surface area contributed by atoms with E-state index < -0.39 is 11.4 Å². The molecular formula is C29H26ClFN2O4. The van der Waals surface area contributed by atoms with Crippen molar-refractivity contribution in [3.63, 3.8) is 0 Å². The first-order valence-corrected chi connectivity index (χ1v) is 12.0. The van der Waals surface area contributed by atoms with E-state index in [0.29, 0.717) is 34.0 Å². The van der Waals surface area contributed by atoms with Crippen LogP contribution in [0.2, 0.25) is 5.02 Å². The van der Waals surface area contributed by atoms with Crippen molar-refractivity contribution in [1.82, 2.24) is 9.97 Å². The lowest BCUT2D eigenvalue weighted by molar-refractivity contribution is 0.0397. The van der Waals surface area contributed by atoms with Gasteiger partial charge in [-0.2, -0.15) is 0 Å². The van der Waals surface area contributed by atoms with E-state index in [2.05, 4.69) is 9.97 Å². The molecule has 8 heteroatoms. The summed E-state index contributed by atoms with van der Waals surface area (Å²) in [6.45, 7) is 1.60. The fraction of sp³-hybridized carbons (Fsp3) is 0.207. The number of carbonyl (C=O) groups excluding carboxylic acids is 1. The summed E-state index contributed by atoms with van der Waals surface area (Å²) in [7, 11) is 3.05. The minimum absolute atomic E-state index is 0.0471. The van der Waals surface area contributed by atoms with Crippen LogP contribution in [0.1, 0.15) is 35.8 Å². The molecule has 0 saturated heterocycles. The summed E-state index contributed by atoms with van der Waals surface area (Å²) in [4.78, 5) is 21.7. The van der Waals surface area contributed by atoms with Crippen LogP contribution in [0.15, 0.2) is 73.1 Å². The molecule has 0 aliphatic rings. The van der Waals surface area contributed by atoms with Gasteiger partial charge in [0.05, 0.1) is 24.9 Å². The second kappa shape index (κ2) is 11.1. The Morgan fingerprint density at radius 2 is 1.81 bits per heavy atom. The lowest BCUT2D eigenvalue weighted by Crippen LogP contribution is -2.24. The number of ketones is 1. The molecule has 4 aromatic rings. The van der Waals surface area contributed by atoms with Crippen LogP contribution in [0.3, 0.4) is 0 Å². The summed E-state index contributed by atoms with van der Waals surface area (Å²) in [5.74, 6) is 0.315. The largest absolute Gasteiger partial charge is 0.496 e. The van der Waals surface area contributed by atoms with Crippen LogP contribution >= 0.6 is 11.6 Å². The van der Waals surface area contributed by atoms with Gasteiger partial charge in [-0.25, -0.2) is 9.37 Å². The van der Waals surface area contributed by atoms with Gasteiger partial charge in [0, 0.05) is 41.1 Å². The number of pyridine rings is 2. The Morgan fingerprint density at radius 1 is 1.03 bits per heavy atom. The summed E-state index contributed by atoms with van der Waals surface area (Å²) in [5.41, 5.74) is 2.06. The highest BCUT2D eigenvalue weighted by molar-refractivity contribution is 6.31. The Balaban J connectivity index is 1.54. The Bertz CT molecular complexity index is 1430. The summed E-state index contributed by atoms with van der Waals surface area (Å²) < 4.78 is 24.6. The van der Waals surface area contributed by atoms with Gasteiger partial charge in [0.25, 0.3) is 0 Å². The molecule has 0 aliphatic heterocycles. The van der Waals surface area contributed by atoms with Crippen molar-refractivity contribution in [2.24, 2.45) is 0 Å². The van der Waals surface area contributed by atoms with Gasteiger partial charge < -0.3 is 14.6 Å². The normalized spacial score (nSPS) is 12.6. The zero-order chi connectivity index (χ0) is 26.6. The molecule has 0 bridgehead atoms. The molecule has 2 heterocycles. The predicted molar refractivity (Wildman–Crippen MR) is 141 cm³/mol. The molecule has 0 radical (unpaired) electrons. The molecule has 4 rings (SSSR count). The van der Waals surface area contributed by atoms with E-state index in [1.54, 1.807) is 50.7 Å². The van der Waals surface area contributed by atoms with E-state index in [1.165, 1.54) is 25.3 Å². The van der Waals surface area contributed by atoms with Gasteiger partial charge >= 0.3 is 0 Å². The number of aliphatic hydroxyl groups is 1. The third kappa shape index (κ3) is 5.79. The van der Waals surface area contributed by atoms with Crippen LogP contribution in [0.5, 0.6) is 11.5 Å². The van der Waals surface area contributed by atoms with Crippen molar-refractivity contribution >= 4 is 17.4 Å². The number of nitrogens with zero attached hydrogens (tertiary/aromatic N) is 2. The molecule has 1 atom stereocenters. The Kier molecular flexibility index (Phi) is 7.86. The molecule has 2 aromatic heterocycles. The highest BCUT2D eigenvalue weighted by atomic mass is 35.5. The fourth-order valence-electron chi connectivity index (χ4n) is 4.02. The number of aromatic nitrogens is 2. The first kappa shape index (κ1) is 26.3. The summed E-state index contributed by atoms with van der Waals surface area (Å²) in [6.07, 6.45) is 3.62. The third-order valence-electron chi connectivity index (χ3n) is 6.16. The minimum Gasteiger partial charge on any atom is -0.496 e. The van der Waals surface area contributed by atoms with E-state index in [-0.39, 0.29) is 23.6 Å². The smallest absolute Gasteiger partial charge is 0.163 e. The van der Waals surface area contributed by atoms with Crippen LogP contribution in [-0.2, 0) is 5.60 Å². The molecule has 0 aliphatic carbocycles. The fourth-order valence-corrected chi connectivity index (χ4v) is 4.20. The zero-order valence-electron chi connectivity index (χ0n) is 20.7. The number of benzene rings is 2. The lowest BCUT2D eigenvalue weighted by atomic mass is 9.91. The number of ether oxygens (including phenoxy) is 2. The number of hydrogen-bond donors (Lipinski definition) is 1. The number of halogens is 2. The van der Waals surface area contributed by atoms with Crippen LogP contribution in [0.25, 0.3) is 22.4 Å². The second-order valence-electron chi connectivity index (χ2n) is 8.73. The SMILES string of the molecule is COc1cc(C(=O)CCC(C)(O)c2ccc(OC)c(-c3ccc(F)c(Cl)c3)n2)ccc1-c1cccnc1. The molecule has 1 unspecified atom stereocenters. The van der Waals surface area contributed by atoms with E-state index in [1.807, 2.05) is 18.2 Å². The maximum absolute atomic E-state index is 13.7. The lowest BCUT2D eigenvalue weighted by Gasteiger charge is -2.24. The van der Waals surface area contributed by atoms with E-state index in [9.17, 15) is 14.3 Å². The van der Waals surface area contributed by atoms with Crippen molar-refractivity contribution < 1.29 is 23.8 Å². The van der Waals surface area contributed by atoms with Gasteiger partial charge in [0.2, 0.25) is 0 Å². The molecule has 0 fully saturated rings. The maximum Gasteiger partial charge on any atom is 0.163 e. The number of hydrogen-bond acceptors (Lipinski definition) is 6. The van der Waals surface area contributed by atoms with Gasteiger partial charge in [-0.3, -0.25) is 9.78 Å². The van der Waals surface area contributed by atoms with Crippen molar-refractivity contribution in [1.29, 1.82) is 0 Å². The van der Waals surface area contributed by atoms with E-state index in [4.69, 9.17) is 21.1 Å². The van der Waals surface area contributed by atoms with Gasteiger partial charge in [-0.05, 0) is 61.9 Å². The first-order valence-electron chi connectivity index (χ1n) is 11.6. The van der Waals surface area contributed by atoms with Gasteiger partial charge in [0.1, 0.15) is 28.6 Å². The predicted octanol–water partition coefficient (Wildman–Crippen LogP) is 6.49. The van der Waals surface area contributed by atoms with E-state index >= 15 is 0 Å². The number of methoxy groups -OCH3 is 2. The number of rotatable bonds is 9. The molecule has 37 heavy (non-hydrogen) atoms. The summed E-state index contributed by atoms with van der Waals surface area (Å²) >= 11 is 5.96. The van der Waals surface area contributed by atoms with Gasteiger partial charge in [0.15, 0.2) is 5.78 Å². The van der Waals surface area contributed by atoms with Crippen molar-refractivity contribution in [2.75, 3.05) is 14.2 Å². The highest BCUT2D eigenvalue weighted by Gasteiger charge is 2.28. The number of Topliss-reactive ketones (excluding diaryl/α,β-unsaturated/α-hetero) is 1. The quantitative estimate of drug-likeness (QED) is 0.254. The summed E-state index contributed by atoms with van der Waals surface area (Å²) in [5, 5.41) is 11.2. The molecule has 2 aromatic carbocycles. The van der Waals surface area contributed by atoms with Crippen molar-refractivity contribution in [3.8, 4) is 33.9 Å². The molecule has 6 nitrogen and oxygen atoms in total. The molecule has 1 N–H and O–H groups in total. The summed E-state index contributed by atoms with van der Waals surface area (Å²) in [6, 6.07) is 16.6. The standard InChI is InChI=1S/C29H26ClFN2O4/c1-29(35,27-11-10-25(36-2)28(33-27)19-7-9-23(31)22(30)15-19)13-12-24(34)18-6-8-21(26(16-18)37-3)20-5-4-14-32-17-20/h4-11,14-17,35H,12-13H2,1-3H3. The topological polar surface area (TPSA) is 81.5 Å². The average Bonchev–Trinajstić information content (AvgIpc) is 2.93. The Morgan fingerprint density at radius 3 is 2.49 bits per heavy atom. The second-order valence-corrected chi connectivity index (χ2v) is 9.14. The average molecular weight is 521 g/mol. The van der Waals surface area contributed by atoms with Crippen molar-refractivity contribution in [2.45, 2.75) is 25.4 Å². The number of carbonyl (C=O) groups is 1. The monoisotopic (exact) mass is 520 g/mol. The first-order chi connectivity index (χ1) is 17.7. The van der Waals surface area contributed by atoms with Crippen molar-refractivity contribution in [3.05, 3.63) is 95.2 Å². The van der Waals surface area contributed by atoms with E-state index in [0.717, 1.165) is 11.1 Å². The molecule has 190 valence electrons. The Hall–Kier alpha value is -3.81. The van der Waals surface area contributed by atoms with Crippen LogP contribution in [0.4, 0.5) is 4.39 Å². The molecule has 0 spiro atoms. The Labute approximate surface area is 219 Å². The molecule has 0 saturated carbocycles. The van der Waals surface area contributed by atoms with Crippen LogP contribution in [-0.4, -0.2) is 35.1 Å². The zero-order valence-corrected chi connectivity index (χ0v) is 21.4. The minimum atomic E-state index is -1.42. The van der Waals surface area contributed by atoms with Crippen LogP contribution in [0, 0.1) is 5.82 Å². The molecule has 0 amide bonds. The maximum atomic E-state index is 13.7. The highest BCUT2D eigenvalue weighted by Crippen LogP contribution is 2.35. The van der Waals surface area contributed by atoms with Gasteiger partial charge in [-0.1, -0.05) is 23.7 Å². The van der Waals surface area contributed by atoms with Gasteiger partial charge in [-0.15, -0.1) is 0 Å². The third-order valence-corrected chi connectivity index (χ3v) is 6.45.